The molecular formula is C20H12. The molecule has 0 N–H and O–H groups in total. The summed E-state index contributed by atoms with van der Waals surface area (Å²) in [7, 11) is 0. The second-order valence-electron chi connectivity index (χ2n) is 5.17. The second kappa shape index (κ2) is 3.49. The highest BCUT2D eigenvalue weighted by molar-refractivity contribution is 6.28. The van der Waals surface area contributed by atoms with Crippen LogP contribution in [0.1, 0.15) is 4.11 Å². The second-order valence-corrected chi connectivity index (χ2v) is 5.17. The molecule has 0 heterocycles. The Balaban J connectivity index is 2.24. The van der Waals surface area contributed by atoms with Gasteiger partial charge in [-0.15, -0.1) is 0 Å². The van der Waals surface area contributed by atoms with Gasteiger partial charge in [0, 0.05) is 0 Å². The summed E-state index contributed by atoms with van der Waals surface area (Å²) in [6.45, 7) is 0. The van der Waals surface area contributed by atoms with Gasteiger partial charge < -0.3 is 0 Å². The van der Waals surface area contributed by atoms with Crippen molar-refractivity contribution in [1.82, 2.24) is 0 Å². The maximum atomic E-state index is 8.59. The molecule has 5 aromatic rings. The molecule has 0 saturated heterocycles. The third-order valence-corrected chi connectivity index (χ3v) is 4.10. The lowest BCUT2D eigenvalue weighted by Crippen LogP contribution is -1.85. The van der Waals surface area contributed by atoms with Gasteiger partial charge in [0.05, 0.1) is 4.11 Å². The molecule has 20 heavy (non-hydrogen) atoms. The maximum absolute atomic E-state index is 8.59. The first-order valence-corrected chi connectivity index (χ1v) is 6.73. The minimum Gasteiger partial charge on any atom is -0.0616 e. The molecule has 0 spiro atoms. The smallest absolute Gasteiger partial charge is 0.0616 e. The van der Waals surface area contributed by atoms with Gasteiger partial charge in [0.25, 0.3) is 0 Å². The molecule has 0 aliphatic carbocycles. The number of hydrogen-bond donors (Lipinski definition) is 0. The standard InChI is InChI=1S/C20H12/c1-2-7-17-15(4-1)12-16-9-8-13-5-3-6-14-10-11-18(17)20(16)19(13)14/h1-12H/i5T,6T,12T. The van der Waals surface area contributed by atoms with Crippen LogP contribution in [0.15, 0.2) is 72.7 Å². The van der Waals surface area contributed by atoms with Crippen LogP contribution in [0, 0.1) is 0 Å². The largest absolute Gasteiger partial charge is 0.0636 e. The summed E-state index contributed by atoms with van der Waals surface area (Å²) in [5.74, 6) is 0. The van der Waals surface area contributed by atoms with E-state index in [2.05, 4.69) is 0 Å². The molecule has 0 saturated carbocycles. The Bertz CT molecular complexity index is 1220. The first-order chi connectivity index (χ1) is 11.2. The number of benzene rings is 5. The summed E-state index contributed by atoms with van der Waals surface area (Å²) in [6.07, 6.45) is 0. The van der Waals surface area contributed by atoms with Gasteiger partial charge in [-0.25, -0.2) is 0 Å². The Morgan fingerprint density at radius 2 is 1.30 bits per heavy atom. The Labute approximate surface area is 120 Å². The van der Waals surface area contributed by atoms with E-state index in [0.29, 0.717) is 18.1 Å². The van der Waals surface area contributed by atoms with Crippen molar-refractivity contribution in [3.05, 3.63) is 72.7 Å². The molecule has 0 aliphatic rings. The van der Waals surface area contributed by atoms with Gasteiger partial charge in [0.1, 0.15) is 0 Å². The van der Waals surface area contributed by atoms with Crippen LogP contribution in [0.25, 0.3) is 43.1 Å². The molecule has 0 atom stereocenters. The molecule has 0 heteroatoms. The van der Waals surface area contributed by atoms with E-state index in [-0.39, 0.29) is 0 Å². The normalized spacial score (nSPS) is 14.1. The van der Waals surface area contributed by atoms with Crippen LogP contribution in [-0.4, -0.2) is 0 Å². The molecule has 0 bridgehead atoms. The van der Waals surface area contributed by atoms with Crippen molar-refractivity contribution in [2.45, 2.75) is 0 Å². The minimum absolute atomic E-state index is 0.372. The van der Waals surface area contributed by atoms with Crippen molar-refractivity contribution in [3.8, 4) is 0 Å². The summed E-state index contributed by atoms with van der Waals surface area (Å²) in [4.78, 5) is 0. The Kier molecular flexibility index (Phi) is 1.37. The van der Waals surface area contributed by atoms with Crippen molar-refractivity contribution in [2.24, 2.45) is 0 Å². The Morgan fingerprint density at radius 3 is 2.20 bits per heavy atom. The molecule has 0 amide bonds. The molecule has 0 radical (unpaired) electrons. The van der Waals surface area contributed by atoms with Crippen molar-refractivity contribution in [3.63, 3.8) is 0 Å². The van der Waals surface area contributed by atoms with Crippen LogP contribution in [0.3, 0.4) is 0 Å². The van der Waals surface area contributed by atoms with Crippen LogP contribution >= 0.6 is 0 Å². The van der Waals surface area contributed by atoms with Crippen molar-refractivity contribution in [2.75, 3.05) is 0 Å². The van der Waals surface area contributed by atoms with Gasteiger partial charge in [0.2, 0.25) is 0 Å². The van der Waals surface area contributed by atoms with Crippen LogP contribution in [-0.2, 0) is 0 Å². The average Bonchev–Trinajstić information content (AvgIpc) is 2.57. The van der Waals surface area contributed by atoms with Gasteiger partial charge in [-0.1, -0.05) is 66.7 Å². The predicted molar refractivity (Wildman–Crippen MR) is 87.7 cm³/mol. The molecule has 5 rings (SSSR count). The first-order valence-electron chi connectivity index (χ1n) is 8.23. The Hall–Kier alpha value is -2.60. The van der Waals surface area contributed by atoms with E-state index in [1.54, 1.807) is 6.07 Å². The molecule has 0 unspecified atom stereocenters. The van der Waals surface area contributed by atoms with Gasteiger partial charge in [0.15, 0.2) is 0 Å². The lowest BCUT2D eigenvalue weighted by molar-refractivity contribution is 1.78. The summed E-state index contributed by atoms with van der Waals surface area (Å²) < 4.78 is 25.0. The summed E-state index contributed by atoms with van der Waals surface area (Å²) in [5, 5.41) is 7.63. The van der Waals surface area contributed by atoms with E-state index >= 15 is 0 Å². The summed E-state index contributed by atoms with van der Waals surface area (Å²) in [5.41, 5.74) is 0. The zero-order chi connectivity index (χ0) is 15.7. The van der Waals surface area contributed by atoms with Gasteiger partial charge >= 0.3 is 0 Å². The SMILES string of the molecule is [3H]c1cc([3H])c2ccc3c4ccccc4c([3H])c4ccc1c2c43. The van der Waals surface area contributed by atoms with Crippen LogP contribution in [0.2, 0.25) is 0 Å². The predicted octanol–water partition coefficient (Wildman–Crippen LogP) is 5.74. The highest BCUT2D eigenvalue weighted by atomic mass is 14.1. The Morgan fingerprint density at radius 1 is 0.550 bits per heavy atom. The van der Waals surface area contributed by atoms with Gasteiger partial charge in [-0.3, -0.25) is 0 Å². The van der Waals surface area contributed by atoms with Crippen molar-refractivity contribution >= 4 is 43.1 Å². The topological polar surface area (TPSA) is 0 Å². The molecule has 0 nitrogen and oxygen atoms in total. The monoisotopic (exact) mass is 258 g/mol. The molecule has 92 valence electrons. The summed E-state index contributed by atoms with van der Waals surface area (Å²) >= 11 is 0. The molecule has 0 aliphatic heterocycles. The average molecular weight is 258 g/mol. The van der Waals surface area contributed by atoms with Gasteiger partial charge in [-0.2, -0.15) is 0 Å². The zero-order valence-corrected chi connectivity index (χ0v) is 10.7. The van der Waals surface area contributed by atoms with Crippen LogP contribution in [0.4, 0.5) is 0 Å². The molecule has 0 fully saturated rings. The van der Waals surface area contributed by atoms with Crippen molar-refractivity contribution in [1.29, 1.82) is 0 Å². The quantitative estimate of drug-likeness (QED) is 0.245. The van der Waals surface area contributed by atoms with E-state index in [1.807, 2.05) is 48.5 Å². The fraction of sp³-hybridized carbons (Fsp3) is 0. The number of fused-ring (bicyclic) bond motifs is 2. The lowest BCUT2D eigenvalue weighted by Gasteiger charge is -2.12. The summed E-state index contributed by atoms with van der Waals surface area (Å²) in [6, 6.07) is 18.7. The van der Waals surface area contributed by atoms with Gasteiger partial charge in [-0.05, 0) is 49.1 Å². The maximum Gasteiger partial charge on any atom is 0.0636 e. The minimum atomic E-state index is 0.372. The molecule has 5 aromatic carbocycles. The zero-order valence-electron chi connectivity index (χ0n) is 13.7. The third-order valence-electron chi connectivity index (χ3n) is 4.10. The highest BCUT2D eigenvalue weighted by Crippen LogP contribution is 2.38. The van der Waals surface area contributed by atoms with E-state index < -0.39 is 0 Å². The van der Waals surface area contributed by atoms with Crippen molar-refractivity contribution < 1.29 is 4.11 Å². The fourth-order valence-electron chi connectivity index (χ4n) is 3.23. The number of rotatable bonds is 0. The van der Waals surface area contributed by atoms with E-state index in [9.17, 15) is 0 Å². The van der Waals surface area contributed by atoms with Crippen LogP contribution in [0.5, 0.6) is 0 Å². The lowest BCUT2D eigenvalue weighted by atomic mass is 9.91. The third kappa shape index (κ3) is 1.16. The van der Waals surface area contributed by atoms with E-state index in [4.69, 9.17) is 4.11 Å². The number of hydrogen-bond acceptors (Lipinski definition) is 0. The molecular weight excluding hydrogens is 240 g/mol. The highest BCUT2D eigenvalue weighted by Gasteiger charge is 2.09. The fourth-order valence-corrected chi connectivity index (χ4v) is 3.23. The van der Waals surface area contributed by atoms with E-state index in [0.717, 1.165) is 43.1 Å². The van der Waals surface area contributed by atoms with Crippen LogP contribution < -0.4 is 0 Å². The molecule has 0 aromatic heterocycles. The van der Waals surface area contributed by atoms with E-state index in [1.165, 1.54) is 0 Å². The first kappa shape index (κ1) is 7.86.